The lowest BCUT2D eigenvalue weighted by molar-refractivity contribution is -0.121. The van der Waals surface area contributed by atoms with E-state index < -0.39 is 0 Å². The lowest BCUT2D eigenvalue weighted by Gasteiger charge is -2.46. The maximum atomic E-state index is 11.7. The van der Waals surface area contributed by atoms with E-state index in [0.717, 1.165) is 61.8 Å². The summed E-state index contributed by atoms with van der Waals surface area (Å²) < 4.78 is 11.3. The summed E-state index contributed by atoms with van der Waals surface area (Å²) in [6.45, 7) is 5.93. The van der Waals surface area contributed by atoms with Gasteiger partial charge in [-0.2, -0.15) is 0 Å². The Morgan fingerprint density at radius 2 is 1.08 bits per heavy atom. The zero-order chi connectivity index (χ0) is 34.6. The minimum Gasteiger partial charge on any atom is -0.480 e. The molecule has 4 aliphatic heterocycles. The fourth-order valence-corrected chi connectivity index (χ4v) is 8.52. The maximum Gasteiger partial charge on any atom is 0.237 e. The molecule has 0 bridgehead atoms. The fourth-order valence-electron chi connectivity index (χ4n) is 7.88. The molecule has 0 aliphatic carbocycles. The zero-order valence-corrected chi connectivity index (χ0v) is 29.3. The highest BCUT2D eigenvalue weighted by Crippen LogP contribution is 2.43. The summed E-state index contributed by atoms with van der Waals surface area (Å²) in [5, 5.41) is 6.84. The second-order valence-electron chi connectivity index (χ2n) is 14.0. The van der Waals surface area contributed by atoms with E-state index in [9.17, 15) is 9.59 Å². The highest BCUT2D eigenvalue weighted by atomic mass is 35.5. The SMILES string of the molecule is COc1nc(-c2cccc(-c3cccc(-c4cnc(CN5CC6(CNC(=O)C6)C5)c(OC)n4)c3Cl)c2Cl)cnc1CN1CC2(CNC(=O)C2)C1. The van der Waals surface area contributed by atoms with Gasteiger partial charge in [0, 0.05) is 98.3 Å². The summed E-state index contributed by atoms with van der Waals surface area (Å²) in [4.78, 5) is 47.0. The highest BCUT2D eigenvalue weighted by molar-refractivity contribution is 6.39. The summed E-state index contributed by atoms with van der Waals surface area (Å²) in [5.74, 6) is 1.10. The number of hydrogen-bond acceptors (Lipinski definition) is 10. The molecule has 4 fully saturated rings. The molecule has 258 valence electrons. The highest BCUT2D eigenvalue weighted by Gasteiger charge is 2.49. The maximum absolute atomic E-state index is 11.7. The number of rotatable bonds is 9. The molecule has 0 radical (unpaired) electrons. The second kappa shape index (κ2) is 12.8. The van der Waals surface area contributed by atoms with Gasteiger partial charge < -0.3 is 20.1 Å². The Hall–Kier alpha value is -4.36. The molecule has 14 heteroatoms. The molecule has 50 heavy (non-hydrogen) atoms. The van der Waals surface area contributed by atoms with E-state index in [2.05, 4.69) is 20.4 Å². The molecule has 2 amide bonds. The molecule has 2 aromatic heterocycles. The lowest BCUT2D eigenvalue weighted by atomic mass is 9.79. The minimum absolute atomic E-state index is 0.0293. The summed E-state index contributed by atoms with van der Waals surface area (Å²) in [6, 6.07) is 11.4. The van der Waals surface area contributed by atoms with Crippen molar-refractivity contribution < 1.29 is 19.1 Å². The van der Waals surface area contributed by atoms with Crippen LogP contribution in [0.3, 0.4) is 0 Å². The summed E-state index contributed by atoms with van der Waals surface area (Å²) >= 11 is 14.2. The summed E-state index contributed by atoms with van der Waals surface area (Å²) in [7, 11) is 3.17. The number of halogens is 2. The molecule has 0 saturated carbocycles. The smallest absolute Gasteiger partial charge is 0.237 e. The van der Waals surface area contributed by atoms with Crippen LogP contribution in [-0.2, 0) is 22.7 Å². The third kappa shape index (κ3) is 5.93. The Morgan fingerprint density at radius 1 is 0.680 bits per heavy atom. The minimum atomic E-state index is 0.0293. The van der Waals surface area contributed by atoms with Crippen molar-refractivity contribution in [3.8, 4) is 45.4 Å². The van der Waals surface area contributed by atoms with Crippen LogP contribution in [0.25, 0.3) is 33.6 Å². The van der Waals surface area contributed by atoms with Gasteiger partial charge in [0.15, 0.2) is 0 Å². The number of methoxy groups -OCH3 is 2. The topological polar surface area (TPSA) is 135 Å². The van der Waals surface area contributed by atoms with E-state index in [0.29, 0.717) is 70.3 Å². The molecule has 4 aliphatic rings. The second-order valence-corrected chi connectivity index (χ2v) is 14.7. The monoisotopic (exact) mass is 714 g/mol. The molecule has 2 N–H and O–H groups in total. The molecule has 6 heterocycles. The van der Waals surface area contributed by atoms with Gasteiger partial charge in [0.2, 0.25) is 23.6 Å². The van der Waals surface area contributed by atoms with Gasteiger partial charge in [0.1, 0.15) is 11.4 Å². The van der Waals surface area contributed by atoms with Crippen LogP contribution in [0.4, 0.5) is 0 Å². The molecule has 2 aromatic carbocycles. The van der Waals surface area contributed by atoms with Gasteiger partial charge in [-0.05, 0) is 0 Å². The predicted octanol–water partition coefficient (Wildman–Crippen LogP) is 4.24. The number of likely N-dealkylation sites (tertiary alicyclic amines) is 2. The zero-order valence-electron chi connectivity index (χ0n) is 27.8. The number of amides is 2. The van der Waals surface area contributed by atoms with E-state index in [4.69, 9.17) is 52.6 Å². The van der Waals surface area contributed by atoms with Crippen LogP contribution in [0.15, 0.2) is 48.8 Å². The Kier molecular flexibility index (Phi) is 8.37. The lowest BCUT2D eigenvalue weighted by Crippen LogP contribution is -2.56. The number of carbonyl (C=O) groups is 2. The predicted molar refractivity (Wildman–Crippen MR) is 188 cm³/mol. The van der Waals surface area contributed by atoms with Gasteiger partial charge in [0.05, 0.1) is 48.0 Å². The Balaban J connectivity index is 1.01. The Morgan fingerprint density at radius 3 is 1.44 bits per heavy atom. The molecule has 4 aromatic rings. The molecular weight excluding hydrogens is 679 g/mol. The number of carbonyl (C=O) groups excluding carboxylic acids is 2. The van der Waals surface area contributed by atoms with Crippen LogP contribution >= 0.6 is 23.2 Å². The van der Waals surface area contributed by atoms with E-state index in [1.165, 1.54) is 0 Å². The molecule has 4 saturated heterocycles. The van der Waals surface area contributed by atoms with Crippen molar-refractivity contribution in [2.75, 3.05) is 53.5 Å². The third-order valence-electron chi connectivity index (χ3n) is 10.2. The van der Waals surface area contributed by atoms with Gasteiger partial charge in [0.25, 0.3) is 0 Å². The number of ether oxygens (including phenoxy) is 2. The quantitative estimate of drug-likeness (QED) is 0.259. The number of nitrogens with zero attached hydrogens (tertiary/aromatic N) is 6. The average molecular weight is 716 g/mol. The first-order valence-corrected chi connectivity index (χ1v) is 17.3. The van der Waals surface area contributed by atoms with E-state index in [1.807, 2.05) is 36.4 Å². The number of aromatic nitrogens is 4. The van der Waals surface area contributed by atoms with E-state index in [-0.39, 0.29) is 22.6 Å². The first kappa shape index (κ1) is 32.8. The first-order valence-electron chi connectivity index (χ1n) is 16.5. The van der Waals surface area contributed by atoms with Crippen molar-refractivity contribution >= 4 is 35.0 Å². The standard InChI is InChI=1S/C36H36Cl2N8O4/c1-49-33-27(13-45-17-35(18-45)9-29(47)41-15-35)39-11-25(43-33)23-7-3-5-21(31(23)37)22-6-4-8-24(32(22)38)26-12-40-28(34(44-26)50-2)14-46-19-36(20-46)10-30(48)42-16-36/h3-8,11-12H,9-10,13-20H2,1-2H3,(H,41,47)(H,42,48). The van der Waals surface area contributed by atoms with Crippen LogP contribution in [-0.4, -0.2) is 95.0 Å². The Labute approximate surface area is 299 Å². The normalized spacial score (nSPS) is 19.3. The average Bonchev–Trinajstić information content (AvgIpc) is 3.68. The molecule has 8 rings (SSSR count). The van der Waals surface area contributed by atoms with Crippen LogP contribution in [0.1, 0.15) is 24.2 Å². The third-order valence-corrected chi connectivity index (χ3v) is 11.0. The van der Waals surface area contributed by atoms with Crippen LogP contribution in [0.2, 0.25) is 10.0 Å². The number of hydrogen-bond donors (Lipinski definition) is 2. The summed E-state index contributed by atoms with van der Waals surface area (Å²) in [5.41, 5.74) is 5.51. The van der Waals surface area contributed by atoms with Gasteiger partial charge in [-0.1, -0.05) is 59.6 Å². The number of benzene rings is 2. The van der Waals surface area contributed by atoms with Crippen molar-refractivity contribution in [1.82, 2.24) is 40.4 Å². The van der Waals surface area contributed by atoms with Crippen LogP contribution < -0.4 is 20.1 Å². The molecule has 2 spiro atoms. The van der Waals surface area contributed by atoms with E-state index in [1.54, 1.807) is 26.6 Å². The molecular formula is C36H36Cl2N8O4. The summed E-state index contributed by atoms with van der Waals surface area (Å²) in [6.07, 6.45) is 4.57. The van der Waals surface area contributed by atoms with Gasteiger partial charge in [-0.15, -0.1) is 0 Å². The fraction of sp³-hybridized carbons (Fsp3) is 0.389. The van der Waals surface area contributed by atoms with Crippen molar-refractivity contribution in [2.24, 2.45) is 10.8 Å². The first-order chi connectivity index (χ1) is 24.2. The largest absolute Gasteiger partial charge is 0.480 e. The van der Waals surface area contributed by atoms with E-state index >= 15 is 0 Å². The molecule has 12 nitrogen and oxygen atoms in total. The van der Waals surface area contributed by atoms with Crippen molar-refractivity contribution in [3.63, 3.8) is 0 Å². The van der Waals surface area contributed by atoms with Gasteiger partial charge in [-0.25, -0.2) is 9.97 Å². The Bertz CT molecular complexity index is 1870. The van der Waals surface area contributed by atoms with Crippen molar-refractivity contribution in [3.05, 3.63) is 70.2 Å². The van der Waals surface area contributed by atoms with Crippen molar-refractivity contribution in [2.45, 2.75) is 25.9 Å². The van der Waals surface area contributed by atoms with Crippen molar-refractivity contribution in [1.29, 1.82) is 0 Å². The molecule has 0 unspecified atom stereocenters. The van der Waals surface area contributed by atoms with Crippen LogP contribution in [0.5, 0.6) is 11.8 Å². The van der Waals surface area contributed by atoms with Crippen LogP contribution in [0, 0.1) is 10.8 Å². The van der Waals surface area contributed by atoms with Gasteiger partial charge in [-0.3, -0.25) is 29.4 Å². The van der Waals surface area contributed by atoms with Gasteiger partial charge >= 0.3 is 0 Å². The molecule has 0 atom stereocenters. The number of nitrogens with one attached hydrogen (secondary N) is 2.